The second kappa shape index (κ2) is 7.67. The van der Waals surface area contributed by atoms with Crippen LogP contribution in [0, 0.1) is 6.92 Å². The second-order valence-electron chi connectivity index (χ2n) is 6.72. The fourth-order valence-corrected chi connectivity index (χ4v) is 3.26. The monoisotopic (exact) mass is 388 g/mol. The first-order chi connectivity index (χ1) is 14.1. The molecule has 6 heteroatoms. The summed E-state index contributed by atoms with van der Waals surface area (Å²) in [4.78, 5) is 27.6. The maximum Gasteiger partial charge on any atom is 0.278 e. The molecule has 2 amide bonds. The van der Waals surface area contributed by atoms with Gasteiger partial charge in [-0.15, -0.1) is 0 Å². The van der Waals surface area contributed by atoms with Crippen LogP contribution in [0.25, 0.3) is 5.57 Å². The van der Waals surface area contributed by atoms with E-state index in [0.29, 0.717) is 28.3 Å². The standard InChI is InChI=1S/C23H20N2O4/c1-15-9-11-16(12-10-15)20-21(24-18-7-3-4-8-19(18)28-2)23(27)25(22(20)26)14-17-6-5-13-29-17/h3-13,24H,14H2,1-2H3. The third-order valence-corrected chi connectivity index (χ3v) is 4.77. The number of para-hydroxylation sites is 2. The van der Waals surface area contributed by atoms with Gasteiger partial charge in [-0.05, 0) is 36.8 Å². The summed E-state index contributed by atoms with van der Waals surface area (Å²) < 4.78 is 10.7. The van der Waals surface area contributed by atoms with E-state index in [9.17, 15) is 9.59 Å². The van der Waals surface area contributed by atoms with Crippen LogP contribution in [0.5, 0.6) is 5.75 Å². The molecule has 1 aromatic heterocycles. The van der Waals surface area contributed by atoms with Crippen LogP contribution >= 0.6 is 0 Å². The van der Waals surface area contributed by atoms with Crippen molar-refractivity contribution in [1.82, 2.24) is 4.90 Å². The van der Waals surface area contributed by atoms with Gasteiger partial charge in [0, 0.05) is 0 Å². The number of methoxy groups -OCH3 is 1. The summed E-state index contributed by atoms with van der Waals surface area (Å²) in [5, 5.41) is 3.13. The number of anilines is 1. The molecule has 3 aromatic rings. The molecule has 0 fully saturated rings. The van der Waals surface area contributed by atoms with E-state index >= 15 is 0 Å². The van der Waals surface area contributed by atoms with Gasteiger partial charge in [-0.3, -0.25) is 14.5 Å². The average molecular weight is 388 g/mol. The Kier molecular flexibility index (Phi) is 4.91. The molecule has 1 N–H and O–H groups in total. The molecule has 0 unspecified atom stereocenters. The average Bonchev–Trinajstić information content (AvgIpc) is 3.32. The SMILES string of the molecule is COc1ccccc1NC1=C(c2ccc(C)cc2)C(=O)N(Cc2ccco2)C1=O. The molecule has 0 atom stereocenters. The van der Waals surface area contributed by atoms with E-state index in [1.54, 1.807) is 31.4 Å². The Morgan fingerprint density at radius 3 is 2.41 bits per heavy atom. The summed E-state index contributed by atoms with van der Waals surface area (Å²) in [6, 6.07) is 18.2. The molecule has 146 valence electrons. The molecule has 0 radical (unpaired) electrons. The number of nitrogens with zero attached hydrogens (tertiary/aromatic N) is 1. The van der Waals surface area contributed by atoms with E-state index in [0.717, 1.165) is 5.56 Å². The lowest BCUT2D eigenvalue weighted by molar-refractivity contribution is -0.137. The van der Waals surface area contributed by atoms with E-state index < -0.39 is 5.91 Å². The highest BCUT2D eigenvalue weighted by Gasteiger charge is 2.39. The molecule has 0 spiro atoms. The summed E-state index contributed by atoms with van der Waals surface area (Å²) in [5.41, 5.74) is 2.89. The quantitative estimate of drug-likeness (QED) is 0.647. The minimum atomic E-state index is -0.409. The molecule has 0 bridgehead atoms. The molecule has 29 heavy (non-hydrogen) atoms. The zero-order chi connectivity index (χ0) is 20.4. The highest BCUT2D eigenvalue weighted by atomic mass is 16.5. The van der Waals surface area contributed by atoms with Gasteiger partial charge in [-0.25, -0.2) is 0 Å². The predicted octanol–water partition coefficient (Wildman–Crippen LogP) is 3.99. The lowest BCUT2D eigenvalue weighted by Gasteiger charge is -2.14. The molecule has 0 saturated carbocycles. The van der Waals surface area contributed by atoms with Crippen molar-refractivity contribution < 1.29 is 18.7 Å². The highest BCUT2D eigenvalue weighted by Crippen LogP contribution is 2.34. The molecule has 0 saturated heterocycles. The van der Waals surface area contributed by atoms with Gasteiger partial charge in [0.15, 0.2) is 0 Å². The lowest BCUT2D eigenvalue weighted by Crippen LogP contribution is -2.31. The fourth-order valence-electron chi connectivity index (χ4n) is 3.26. The number of hydrogen-bond donors (Lipinski definition) is 1. The van der Waals surface area contributed by atoms with Gasteiger partial charge >= 0.3 is 0 Å². The maximum atomic E-state index is 13.2. The first-order valence-electron chi connectivity index (χ1n) is 9.18. The smallest absolute Gasteiger partial charge is 0.278 e. The number of carbonyl (C=O) groups excluding carboxylic acids is 2. The Morgan fingerprint density at radius 1 is 0.966 bits per heavy atom. The van der Waals surface area contributed by atoms with E-state index in [2.05, 4.69) is 5.32 Å². The van der Waals surface area contributed by atoms with Crippen molar-refractivity contribution in [2.75, 3.05) is 12.4 Å². The molecule has 1 aliphatic heterocycles. The lowest BCUT2D eigenvalue weighted by atomic mass is 10.0. The highest BCUT2D eigenvalue weighted by molar-refractivity contribution is 6.36. The summed E-state index contributed by atoms with van der Waals surface area (Å²) >= 11 is 0. The van der Waals surface area contributed by atoms with E-state index in [4.69, 9.17) is 9.15 Å². The van der Waals surface area contributed by atoms with Gasteiger partial charge in [-0.2, -0.15) is 0 Å². The number of furan rings is 1. The van der Waals surface area contributed by atoms with Crippen molar-refractivity contribution in [2.24, 2.45) is 0 Å². The summed E-state index contributed by atoms with van der Waals surface area (Å²) in [6.45, 7) is 2.04. The second-order valence-corrected chi connectivity index (χ2v) is 6.72. The van der Waals surface area contributed by atoms with E-state index in [-0.39, 0.29) is 18.1 Å². The molecule has 4 rings (SSSR count). The van der Waals surface area contributed by atoms with Crippen molar-refractivity contribution in [2.45, 2.75) is 13.5 Å². The van der Waals surface area contributed by atoms with Crippen molar-refractivity contribution in [1.29, 1.82) is 0 Å². The molecule has 2 aromatic carbocycles. The topological polar surface area (TPSA) is 71.8 Å². The molecular weight excluding hydrogens is 368 g/mol. The minimum absolute atomic E-state index is 0.0666. The number of nitrogens with one attached hydrogen (secondary N) is 1. The normalized spacial score (nSPS) is 13.9. The van der Waals surface area contributed by atoms with Crippen LogP contribution in [0.15, 0.2) is 77.0 Å². The minimum Gasteiger partial charge on any atom is -0.495 e. The third-order valence-electron chi connectivity index (χ3n) is 4.77. The number of ether oxygens (including phenoxy) is 1. The Labute approximate surface area is 168 Å². The zero-order valence-electron chi connectivity index (χ0n) is 16.1. The summed E-state index contributed by atoms with van der Waals surface area (Å²) in [7, 11) is 1.56. The van der Waals surface area contributed by atoms with E-state index in [1.165, 1.54) is 11.2 Å². The molecular formula is C23H20N2O4. The molecule has 0 aliphatic carbocycles. The summed E-state index contributed by atoms with van der Waals surface area (Å²) in [6.07, 6.45) is 1.52. The first-order valence-corrected chi connectivity index (χ1v) is 9.18. The number of aryl methyl sites for hydroxylation is 1. The molecule has 6 nitrogen and oxygen atoms in total. The zero-order valence-corrected chi connectivity index (χ0v) is 16.1. The van der Waals surface area contributed by atoms with Gasteiger partial charge in [0.1, 0.15) is 17.2 Å². The van der Waals surface area contributed by atoms with Crippen molar-refractivity contribution in [3.8, 4) is 5.75 Å². The number of amides is 2. The maximum absolute atomic E-state index is 13.2. The van der Waals surface area contributed by atoms with Crippen LogP contribution < -0.4 is 10.1 Å². The summed E-state index contributed by atoms with van der Waals surface area (Å²) in [5.74, 6) is 0.335. The van der Waals surface area contributed by atoms with Crippen LogP contribution in [0.2, 0.25) is 0 Å². The van der Waals surface area contributed by atoms with Gasteiger partial charge in [-0.1, -0.05) is 42.0 Å². The van der Waals surface area contributed by atoms with Crippen LogP contribution in [0.1, 0.15) is 16.9 Å². The third kappa shape index (κ3) is 3.52. The van der Waals surface area contributed by atoms with Gasteiger partial charge in [0.05, 0.1) is 31.2 Å². The molecule has 1 aliphatic rings. The van der Waals surface area contributed by atoms with Gasteiger partial charge in [0.25, 0.3) is 11.8 Å². The van der Waals surface area contributed by atoms with Gasteiger partial charge < -0.3 is 14.5 Å². The van der Waals surface area contributed by atoms with Crippen molar-refractivity contribution in [3.63, 3.8) is 0 Å². The first kappa shape index (κ1) is 18.6. The van der Waals surface area contributed by atoms with Crippen LogP contribution in [0.4, 0.5) is 5.69 Å². The van der Waals surface area contributed by atoms with Crippen molar-refractivity contribution >= 4 is 23.1 Å². The Morgan fingerprint density at radius 2 is 1.72 bits per heavy atom. The number of imide groups is 1. The molecule has 2 heterocycles. The number of hydrogen-bond acceptors (Lipinski definition) is 5. The fraction of sp³-hybridized carbons (Fsp3) is 0.130. The van der Waals surface area contributed by atoms with E-state index in [1.807, 2.05) is 43.3 Å². The van der Waals surface area contributed by atoms with Gasteiger partial charge in [0.2, 0.25) is 0 Å². The number of rotatable bonds is 6. The largest absolute Gasteiger partial charge is 0.495 e. The Hall–Kier alpha value is -3.80. The number of carbonyl (C=O) groups is 2. The Bertz CT molecular complexity index is 1080. The van der Waals surface area contributed by atoms with Crippen LogP contribution in [0.3, 0.4) is 0 Å². The van der Waals surface area contributed by atoms with Crippen molar-refractivity contribution in [3.05, 3.63) is 89.5 Å². The predicted molar refractivity (Wildman–Crippen MR) is 109 cm³/mol. The Balaban J connectivity index is 1.77. The van der Waals surface area contributed by atoms with Crippen LogP contribution in [-0.2, 0) is 16.1 Å². The number of benzene rings is 2. The van der Waals surface area contributed by atoms with Crippen LogP contribution in [-0.4, -0.2) is 23.8 Å².